The molecule has 3 aliphatic rings. The SMILES string of the molecule is Cc1ccc(C2CCC[C@H](CNc3ncnc(C(=O)N4CCC(N5CCCC(c6cccc(C(=O)O)c6)C5)CC4)c3C)O2)cc1. The van der Waals surface area contributed by atoms with E-state index in [1.807, 2.05) is 24.0 Å². The molecule has 9 nitrogen and oxygen atoms in total. The fourth-order valence-electron chi connectivity index (χ4n) is 7.25. The van der Waals surface area contributed by atoms with Crippen LogP contribution in [0.2, 0.25) is 0 Å². The molecule has 0 radical (unpaired) electrons. The zero-order valence-electron chi connectivity index (χ0n) is 26.5. The van der Waals surface area contributed by atoms with Gasteiger partial charge in [0.15, 0.2) is 0 Å². The van der Waals surface area contributed by atoms with Crippen molar-refractivity contribution in [2.75, 3.05) is 38.0 Å². The standard InChI is InChI=1S/C36H45N5O4/c1-24-11-13-26(14-12-24)32-10-4-9-31(45-32)21-37-34-25(2)33(38-23-39-34)35(42)40-18-15-30(16-19-40)41-17-5-8-29(22-41)27-6-3-7-28(20-27)36(43)44/h3,6-7,11-14,20,23,29-32H,4-5,8-10,15-19,21-22H2,1-2H3,(H,43,44)(H,37,38,39)/t29?,31-,32?/m1/s1. The van der Waals surface area contributed by atoms with Crippen molar-refractivity contribution < 1.29 is 19.4 Å². The molecule has 2 N–H and O–H groups in total. The van der Waals surface area contributed by atoms with Gasteiger partial charge in [0.05, 0.1) is 17.8 Å². The first-order valence-corrected chi connectivity index (χ1v) is 16.5. The number of aromatic carboxylic acids is 1. The predicted molar refractivity (Wildman–Crippen MR) is 174 cm³/mol. The van der Waals surface area contributed by atoms with E-state index in [1.165, 1.54) is 17.5 Å². The number of nitrogens with zero attached hydrogens (tertiary/aromatic N) is 4. The van der Waals surface area contributed by atoms with Crippen LogP contribution in [0.25, 0.3) is 0 Å². The highest BCUT2D eigenvalue weighted by Crippen LogP contribution is 2.33. The molecule has 238 valence electrons. The second-order valence-electron chi connectivity index (χ2n) is 13.0. The Bertz CT molecular complexity index is 1490. The highest BCUT2D eigenvalue weighted by molar-refractivity contribution is 5.94. The van der Waals surface area contributed by atoms with Gasteiger partial charge in [0.25, 0.3) is 5.91 Å². The third kappa shape index (κ3) is 7.36. The number of carbonyl (C=O) groups is 2. The molecular weight excluding hydrogens is 566 g/mol. The number of aryl methyl sites for hydroxylation is 1. The van der Waals surface area contributed by atoms with Crippen molar-refractivity contribution in [1.82, 2.24) is 19.8 Å². The van der Waals surface area contributed by atoms with Crippen molar-refractivity contribution in [3.05, 3.63) is 88.4 Å². The van der Waals surface area contributed by atoms with E-state index in [2.05, 4.69) is 57.4 Å². The first-order chi connectivity index (χ1) is 21.9. The molecule has 0 bridgehead atoms. The molecule has 2 unspecified atom stereocenters. The van der Waals surface area contributed by atoms with E-state index in [4.69, 9.17) is 4.74 Å². The first-order valence-electron chi connectivity index (χ1n) is 16.5. The third-order valence-electron chi connectivity index (χ3n) is 9.91. The van der Waals surface area contributed by atoms with Crippen molar-refractivity contribution in [2.45, 2.75) is 83.0 Å². The van der Waals surface area contributed by atoms with Crippen molar-refractivity contribution >= 4 is 17.7 Å². The Kier molecular flexibility index (Phi) is 9.76. The molecule has 1 aromatic heterocycles. The maximum atomic E-state index is 13.6. The summed E-state index contributed by atoms with van der Waals surface area (Å²) in [5.41, 5.74) is 5.17. The van der Waals surface area contributed by atoms with Crippen LogP contribution in [-0.4, -0.2) is 81.6 Å². The van der Waals surface area contributed by atoms with Gasteiger partial charge < -0.3 is 20.1 Å². The van der Waals surface area contributed by atoms with Crippen LogP contribution in [0.15, 0.2) is 54.9 Å². The Hall–Kier alpha value is -3.82. The summed E-state index contributed by atoms with van der Waals surface area (Å²) in [4.78, 5) is 38.5. The van der Waals surface area contributed by atoms with Gasteiger partial charge in [-0.2, -0.15) is 0 Å². The second kappa shape index (κ2) is 14.1. The lowest BCUT2D eigenvalue weighted by atomic mass is 9.88. The minimum absolute atomic E-state index is 0.0354. The maximum absolute atomic E-state index is 13.6. The first kappa shape index (κ1) is 31.2. The lowest BCUT2D eigenvalue weighted by molar-refractivity contribution is -0.0442. The van der Waals surface area contributed by atoms with Gasteiger partial charge in [-0.25, -0.2) is 14.8 Å². The number of hydrogen-bond donors (Lipinski definition) is 2. The van der Waals surface area contributed by atoms with Crippen molar-refractivity contribution in [1.29, 1.82) is 0 Å². The number of ether oxygens (including phenoxy) is 1. The fraction of sp³-hybridized carbons (Fsp3) is 0.500. The summed E-state index contributed by atoms with van der Waals surface area (Å²) in [5.74, 6) is 0.107. The number of benzene rings is 2. The molecule has 3 aliphatic heterocycles. The number of rotatable bonds is 8. The number of carbonyl (C=O) groups excluding carboxylic acids is 1. The average Bonchev–Trinajstić information content (AvgIpc) is 3.08. The van der Waals surface area contributed by atoms with Crippen LogP contribution in [0, 0.1) is 13.8 Å². The molecule has 6 rings (SSSR count). The lowest BCUT2D eigenvalue weighted by Crippen LogP contribution is -2.49. The van der Waals surface area contributed by atoms with E-state index >= 15 is 0 Å². The summed E-state index contributed by atoms with van der Waals surface area (Å²) >= 11 is 0. The molecule has 1 amide bonds. The van der Waals surface area contributed by atoms with Gasteiger partial charge in [-0.1, -0.05) is 42.0 Å². The van der Waals surface area contributed by atoms with E-state index in [9.17, 15) is 14.7 Å². The van der Waals surface area contributed by atoms with Gasteiger partial charge in [0.2, 0.25) is 0 Å². The van der Waals surface area contributed by atoms with Gasteiger partial charge in [0, 0.05) is 37.8 Å². The molecular formula is C36H45N5O4. The Morgan fingerprint density at radius 3 is 2.51 bits per heavy atom. The summed E-state index contributed by atoms with van der Waals surface area (Å²) in [6, 6.07) is 16.4. The number of amides is 1. The van der Waals surface area contributed by atoms with Crippen molar-refractivity contribution in [3.8, 4) is 0 Å². The van der Waals surface area contributed by atoms with Gasteiger partial charge in [-0.05, 0) is 94.5 Å². The van der Waals surface area contributed by atoms with Crippen molar-refractivity contribution in [2.24, 2.45) is 0 Å². The molecule has 2 aromatic carbocycles. The minimum atomic E-state index is -0.881. The Balaban J connectivity index is 1.02. The van der Waals surface area contributed by atoms with E-state index in [1.54, 1.807) is 6.07 Å². The molecule has 45 heavy (non-hydrogen) atoms. The van der Waals surface area contributed by atoms with Gasteiger partial charge in [0.1, 0.15) is 17.8 Å². The Morgan fingerprint density at radius 2 is 1.73 bits per heavy atom. The van der Waals surface area contributed by atoms with E-state index < -0.39 is 5.97 Å². The summed E-state index contributed by atoms with van der Waals surface area (Å²) < 4.78 is 6.44. The Labute approximate surface area is 266 Å². The van der Waals surface area contributed by atoms with Crippen LogP contribution >= 0.6 is 0 Å². The van der Waals surface area contributed by atoms with E-state index in [-0.39, 0.29) is 18.1 Å². The molecule has 3 saturated heterocycles. The molecule has 0 spiro atoms. The predicted octanol–water partition coefficient (Wildman–Crippen LogP) is 6.00. The molecule has 0 saturated carbocycles. The van der Waals surface area contributed by atoms with Crippen LogP contribution in [0.1, 0.15) is 100 Å². The number of nitrogens with one attached hydrogen (secondary N) is 1. The fourth-order valence-corrected chi connectivity index (χ4v) is 7.25. The molecule has 3 fully saturated rings. The normalized spacial score (nSPS) is 23.1. The maximum Gasteiger partial charge on any atom is 0.335 e. The van der Waals surface area contributed by atoms with Gasteiger partial charge in [-0.15, -0.1) is 0 Å². The summed E-state index contributed by atoms with van der Waals surface area (Å²) in [6.45, 7) is 8.02. The number of hydrogen-bond acceptors (Lipinski definition) is 7. The van der Waals surface area contributed by atoms with Crippen LogP contribution in [0.4, 0.5) is 5.82 Å². The minimum Gasteiger partial charge on any atom is -0.478 e. The quantitative estimate of drug-likeness (QED) is 0.320. The highest BCUT2D eigenvalue weighted by Gasteiger charge is 2.32. The number of likely N-dealkylation sites (tertiary alicyclic amines) is 2. The Morgan fingerprint density at radius 1 is 0.933 bits per heavy atom. The molecule has 9 heteroatoms. The van der Waals surface area contributed by atoms with E-state index in [0.29, 0.717) is 48.7 Å². The number of piperidine rings is 2. The van der Waals surface area contributed by atoms with Gasteiger partial charge >= 0.3 is 5.97 Å². The lowest BCUT2D eigenvalue weighted by Gasteiger charge is -2.42. The smallest absolute Gasteiger partial charge is 0.335 e. The van der Waals surface area contributed by atoms with Crippen LogP contribution in [-0.2, 0) is 4.74 Å². The number of anilines is 1. The van der Waals surface area contributed by atoms with Crippen molar-refractivity contribution in [3.63, 3.8) is 0 Å². The number of aromatic nitrogens is 2. The zero-order chi connectivity index (χ0) is 31.3. The largest absolute Gasteiger partial charge is 0.478 e. The van der Waals surface area contributed by atoms with Gasteiger partial charge in [-0.3, -0.25) is 9.69 Å². The molecule has 3 aromatic rings. The van der Waals surface area contributed by atoms with E-state index in [0.717, 1.165) is 69.2 Å². The summed E-state index contributed by atoms with van der Waals surface area (Å²) in [6.07, 6.45) is 8.81. The van der Waals surface area contributed by atoms with Crippen LogP contribution in [0.5, 0.6) is 0 Å². The molecule has 4 heterocycles. The molecule has 3 atom stereocenters. The molecule has 0 aliphatic carbocycles. The topological polar surface area (TPSA) is 108 Å². The zero-order valence-corrected chi connectivity index (χ0v) is 26.5. The number of carboxylic acids is 1. The third-order valence-corrected chi connectivity index (χ3v) is 9.91. The number of carboxylic acid groups (broad SMARTS) is 1. The summed E-state index contributed by atoms with van der Waals surface area (Å²) in [5, 5.41) is 12.9. The monoisotopic (exact) mass is 611 g/mol. The van der Waals surface area contributed by atoms with Crippen LogP contribution < -0.4 is 5.32 Å². The highest BCUT2D eigenvalue weighted by atomic mass is 16.5. The van der Waals surface area contributed by atoms with Crippen LogP contribution in [0.3, 0.4) is 0 Å². The second-order valence-corrected chi connectivity index (χ2v) is 13.0. The average molecular weight is 612 g/mol. The summed E-state index contributed by atoms with van der Waals surface area (Å²) in [7, 11) is 0.